The summed E-state index contributed by atoms with van der Waals surface area (Å²) in [4.78, 5) is 39.2. The zero-order valence-electron chi connectivity index (χ0n) is 21.8. The molecule has 1 aliphatic carbocycles. The van der Waals surface area contributed by atoms with Crippen molar-refractivity contribution in [3.63, 3.8) is 0 Å². The maximum atomic E-state index is 13.2. The van der Waals surface area contributed by atoms with Gasteiger partial charge in [0.05, 0.1) is 12.7 Å². The monoisotopic (exact) mass is 512 g/mol. The Morgan fingerprint density at radius 3 is 2.21 bits per heavy atom. The number of benzene rings is 3. The Labute approximate surface area is 222 Å². The first-order valence-electron chi connectivity index (χ1n) is 12.5. The number of methoxy groups -OCH3 is 1. The van der Waals surface area contributed by atoms with Crippen LogP contribution in [0.2, 0.25) is 0 Å². The van der Waals surface area contributed by atoms with E-state index >= 15 is 0 Å². The minimum atomic E-state index is -0.606. The van der Waals surface area contributed by atoms with Crippen molar-refractivity contribution in [2.75, 3.05) is 12.4 Å². The largest absolute Gasteiger partial charge is 0.465 e. The summed E-state index contributed by atoms with van der Waals surface area (Å²) >= 11 is 0. The van der Waals surface area contributed by atoms with Crippen molar-refractivity contribution in [3.8, 4) is 11.1 Å². The molecule has 8 heteroatoms. The molecule has 8 nitrogen and oxygen atoms in total. The van der Waals surface area contributed by atoms with Crippen molar-refractivity contribution < 1.29 is 19.1 Å². The van der Waals surface area contributed by atoms with E-state index in [0.717, 1.165) is 19.3 Å². The molecule has 38 heavy (non-hydrogen) atoms. The summed E-state index contributed by atoms with van der Waals surface area (Å²) < 4.78 is 5.03. The van der Waals surface area contributed by atoms with E-state index in [9.17, 15) is 14.4 Å². The summed E-state index contributed by atoms with van der Waals surface area (Å²) in [5, 5.41) is 13.5. The second-order valence-corrected chi connectivity index (χ2v) is 10.1. The molecule has 0 saturated heterocycles. The number of amidine groups is 1. The van der Waals surface area contributed by atoms with Gasteiger partial charge in [0.25, 0.3) is 11.8 Å². The van der Waals surface area contributed by atoms with Crippen LogP contribution in [0.25, 0.3) is 11.1 Å². The van der Waals surface area contributed by atoms with Gasteiger partial charge in [-0.1, -0.05) is 44.5 Å². The van der Waals surface area contributed by atoms with Gasteiger partial charge in [-0.3, -0.25) is 15.0 Å². The standard InChI is InChI=1S/C30H32N4O4/c1-30(2)16-6-9-25(30)34-27(35)19-12-15-22(24(17-19)29(37)38-3)21-7-4-5-8-23(21)28(36)33-20-13-10-18(11-14-20)26(31)32/h4-5,7-8,10-15,17,25H,6,9,16H2,1-3H3,(H3,31,32)(H,33,36)(H,34,35). The Morgan fingerprint density at radius 2 is 1.58 bits per heavy atom. The summed E-state index contributed by atoms with van der Waals surface area (Å²) in [5.41, 5.74) is 8.49. The molecular weight excluding hydrogens is 480 g/mol. The molecule has 0 aromatic heterocycles. The third kappa shape index (κ3) is 5.59. The number of nitrogens with two attached hydrogens (primary N) is 1. The molecule has 1 aliphatic rings. The topological polar surface area (TPSA) is 134 Å². The Bertz CT molecular complexity index is 1400. The van der Waals surface area contributed by atoms with Gasteiger partial charge in [0.2, 0.25) is 0 Å². The lowest BCUT2D eigenvalue weighted by molar-refractivity contribution is 0.0601. The van der Waals surface area contributed by atoms with Gasteiger partial charge in [0.1, 0.15) is 5.84 Å². The van der Waals surface area contributed by atoms with E-state index in [0.29, 0.717) is 33.5 Å². The Kier molecular flexibility index (Phi) is 7.62. The van der Waals surface area contributed by atoms with Crippen molar-refractivity contribution in [2.24, 2.45) is 11.1 Å². The number of ether oxygens (including phenoxy) is 1. The van der Waals surface area contributed by atoms with Crippen LogP contribution in [-0.4, -0.2) is 36.8 Å². The molecule has 0 heterocycles. The lowest BCUT2D eigenvalue weighted by Crippen LogP contribution is -2.41. The van der Waals surface area contributed by atoms with E-state index in [1.54, 1.807) is 60.7 Å². The number of nitrogens with one attached hydrogen (secondary N) is 3. The SMILES string of the molecule is COC(=O)c1cc(C(=O)NC2CCCC2(C)C)ccc1-c1ccccc1C(=O)Nc1ccc(C(=N)N)cc1. The van der Waals surface area contributed by atoms with Crippen LogP contribution >= 0.6 is 0 Å². The first-order chi connectivity index (χ1) is 18.1. The number of nitrogen functional groups attached to an aromatic ring is 1. The van der Waals surface area contributed by atoms with Crippen LogP contribution in [0.4, 0.5) is 5.69 Å². The van der Waals surface area contributed by atoms with Gasteiger partial charge in [-0.15, -0.1) is 0 Å². The number of carbonyl (C=O) groups excluding carboxylic acids is 3. The van der Waals surface area contributed by atoms with Crippen molar-refractivity contribution in [1.82, 2.24) is 5.32 Å². The number of carbonyl (C=O) groups is 3. The quantitative estimate of drug-likeness (QED) is 0.201. The number of anilines is 1. The zero-order chi connectivity index (χ0) is 27.4. The zero-order valence-corrected chi connectivity index (χ0v) is 21.8. The van der Waals surface area contributed by atoms with Crippen molar-refractivity contribution in [3.05, 3.63) is 89.0 Å². The molecule has 3 aromatic rings. The first-order valence-corrected chi connectivity index (χ1v) is 12.5. The Balaban J connectivity index is 1.65. The fraction of sp³-hybridized carbons (Fsp3) is 0.267. The van der Waals surface area contributed by atoms with Gasteiger partial charge in [-0.05, 0) is 71.8 Å². The second-order valence-electron chi connectivity index (χ2n) is 10.1. The highest BCUT2D eigenvalue weighted by Crippen LogP contribution is 2.37. The summed E-state index contributed by atoms with van der Waals surface area (Å²) in [6.07, 6.45) is 3.02. The third-order valence-electron chi connectivity index (χ3n) is 7.17. The van der Waals surface area contributed by atoms with Crippen LogP contribution in [-0.2, 0) is 4.74 Å². The van der Waals surface area contributed by atoms with Crippen LogP contribution in [0.3, 0.4) is 0 Å². The maximum absolute atomic E-state index is 13.2. The van der Waals surface area contributed by atoms with Crippen molar-refractivity contribution in [1.29, 1.82) is 5.41 Å². The molecule has 3 aromatic carbocycles. The molecule has 1 unspecified atom stereocenters. The fourth-order valence-electron chi connectivity index (χ4n) is 4.88. The lowest BCUT2D eigenvalue weighted by atomic mass is 9.87. The van der Waals surface area contributed by atoms with Gasteiger partial charge < -0.3 is 21.1 Å². The lowest BCUT2D eigenvalue weighted by Gasteiger charge is -2.28. The summed E-state index contributed by atoms with van der Waals surface area (Å²) in [7, 11) is 1.28. The summed E-state index contributed by atoms with van der Waals surface area (Å²) in [6.45, 7) is 4.29. The predicted octanol–water partition coefficient (Wildman–Crippen LogP) is 4.99. The minimum Gasteiger partial charge on any atom is -0.465 e. The van der Waals surface area contributed by atoms with Gasteiger partial charge in [0, 0.05) is 28.4 Å². The number of amides is 2. The number of hydrogen-bond donors (Lipinski definition) is 4. The number of hydrogen-bond acceptors (Lipinski definition) is 5. The number of esters is 1. The Morgan fingerprint density at radius 1 is 0.921 bits per heavy atom. The average molecular weight is 513 g/mol. The molecule has 0 spiro atoms. The second kappa shape index (κ2) is 10.9. The molecule has 0 aliphatic heterocycles. The highest BCUT2D eigenvalue weighted by molar-refractivity contribution is 6.11. The molecule has 0 bridgehead atoms. The van der Waals surface area contributed by atoms with Crippen LogP contribution in [0.5, 0.6) is 0 Å². The van der Waals surface area contributed by atoms with Gasteiger partial charge in [0.15, 0.2) is 0 Å². The molecule has 4 rings (SSSR count). The third-order valence-corrected chi connectivity index (χ3v) is 7.17. The molecule has 0 radical (unpaired) electrons. The summed E-state index contributed by atoms with van der Waals surface area (Å²) in [6, 6.07) is 18.5. The van der Waals surface area contributed by atoms with E-state index < -0.39 is 5.97 Å². The highest BCUT2D eigenvalue weighted by atomic mass is 16.5. The predicted molar refractivity (Wildman–Crippen MR) is 148 cm³/mol. The first kappa shape index (κ1) is 26.6. The molecule has 196 valence electrons. The van der Waals surface area contributed by atoms with Crippen LogP contribution in [0.15, 0.2) is 66.7 Å². The smallest absolute Gasteiger partial charge is 0.338 e. The van der Waals surface area contributed by atoms with E-state index in [-0.39, 0.29) is 34.7 Å². The van der Waals surface area contributed by atoms with Gasteiger partial charge in [-0.2, -0.15) is 0 Å². The van der Waals surface area contributed by atoms with E-state index in [1.807, 2.05) is 0 Å². The van der Waals surface area contributed by atoms with Crippen molar-refractivity contribution >= 4 is 29.3 Å². The van der Waals surface area contributed by atoms with Crippen molar-refractivity contribution in [2.45, 2.75) is 39.2 Å². The van der Waals surface area contributed by atoms with Crippen LogP contribution in [0, 0.1) is 10.8 Å². The van der Waals surface area contributed by atoms with Crippen LogP contribution in [0.1, 0.15) is 69.7 Å². The molecule has 5 N–H and O–H groups in total. The van der Waals surface area contributed by atoms with E-state index in [4.69, 9.17) is 15.9 Å². The van der Waals surface area contributed by atoms with Gasteiger partial charge >= 0.3 is 5.97 Å². The molecule has 1 saturated carbocycles. The Hall–Kier alpha value is -4.46. The molecule has 2 amide bonds. The number of rotatable bonds is 7. The van der Waals surface area contributed by atoms with Gasteiger partial charge in [-0.25, -0.2) is 4.79 Å². The minimum absolute atomic E-state index is 0.0134. The molecular formula is C30H32N4O4. The molecule has 1 fully saturated rings. The average Bonchev–Trinajstić information content (AvgIpc) is 3.25. The highest BCUT2D eigenvalue weighted by Gasteiger charge is 2.35. The van der Waals surface area contributed by atoms with Crippen LogP contribution < -0.4 is 16.4 Å². The van der Waals surface area contributed by atoms with E-state index in [2.05, 4.69) is 24.5 Å². The van der Waals surface area contributed by atoms with E-state index in [1.165, 1.54) is 13.2 Å². The maximum Gasteiger partial charge on any atom is 0.338 e. The summed E-state index contributed by atoms with van der Waals surface area (Å²) in [5.74, 6) is -1.29. The molecule has 1 atom stereocenters. The fourth-order valence-corrected chi connectivity index (χ4v) is 4.88. The normalized spacial score (nSPS) is 15.9.